The maximum atomic E-state index is 14.0. The van der Waals surface area contributed by atoms with Gasteiger partial charge >= 0.3 is 5.91 Å². The highest BCUT2D eigenvalue weighted by Gasteiger charge is 2.53. The first kappa shape index (κ1) is 22.0. The van der Waals surface area contributed by atoms with Gasteiger partial charge in [-0.25, -0.2) is 14.3 Å². The minimum atomic E-state index is -0.555. The van der Waals surface area contributed by atoms with Crippen LogP contribution in [-0.4, -0.2) is 34.4 Å². The van der Waals surface area contributed by atoms with Gasteiger partial charge in [0.05, 0.1) is 24.0 Å². The second-order valence-electron chi connectivity index (χ2n) is 9.04. The second-order valence-corrected chi connectivity index (χ2v) is 9.04. The van der Waals surface area contributed by atoms with E-state index >= 15 is 0 Å². The van der Waals surface area contributed by atoms with Crippen LogP contribution in [-0.2, 0) is 22.4 Å². The summed E-state index contributed by atoms with van der Waals surface area (Å²) in [5.41, 5.74) is 10.8. The van der Waals surface area contributed by atoms with Crippen LogP contribution < -0.4 is 10.2 Å². The number of H-pyrrole nitrogens is 1. The molecule has 1 aliphatic rings. The van der Waals surface area contributed by atoms with Crippen LogP contribution >= 0.6 is 0 Å². The van der Waals surface area contributed by atoms with Gasteiger partial charge in [-0.05, 0) is 23.8 Å². The number of imidazole rings is 1. The molecule has 5 rings (SSSR count). The van der Waals surface area contributed by atoms with Crippen molar-refractivity contribution in [3.05, 3.63) is 95.8 Å². The van der Waals surface area contributed by atoms with E-state index in [-0.39, 0.29) is 16.8 Å². The Morgan fingerprint density at radius 3 is 2.50 bits per heavy atom. The van der Waals surface area contributed by atoms with Crippen molar-refractivity contribution in [2.45, 2.75) is 38.1 Å². The van der Waals surface area contributed by atoms with Crippen molar-refractivity contribution in [3.8, 4) is 0 Å². The molecule has 4 aromatic rings. The van der Waals surface area contributed by atoms with Crippen molar-refractivity contribution in [3.63, 3.8) is 0 Å². The first-order valence-electron chi connectivity index (χ1n) is 11.8. The number of rotatable bonds is 7. The van der Waals surface area contributed by atoms with Gasteiger partial charge in [0.1, 0.15) is 11.5 Å². The number of hydrogen-bond acceptors (Lipinski definition) is 3. The molecule has 6 nitrogen and oxygen atoms in total. The van der Waals surface area contributed by atoms with Crippen molar-refractivity contribution in [2.75, 3.05) is 6.54 Å². The van der Waals surface area contributed by atoms with Gasteiger partial charge in [0, 0.05) is 31.2 Å². The van der Waals surface area contributed by atoms with E-state index in [1.807, 2.05) is 60.7 Å². The Morgan fingerprint density at radius 2 is 1.71 bits per heavy atom. The lowest BCUT2D eigenvalue weighted by Crippen LogP contribution is -2.62. The number of likely N-dealkylation sites (tertiary alicyclic amines) is 1. The number of aromatic nitrogens is 2. The fraction of sp³-hybridized carbons (Fsp3) is 0.250. The molecule has 0 bridgehead atoms. The van der Waals surface area contributed by atoms with Crippen LogP contribution in [0.15, 0.2) is 78.9 Å². The lowest BCUT2D eigenvalue weighted by atomic mass is 9.99. The van der Waals surface area contributed by atoms with Crippen LogP contribution in [0, 0.1) is 0 Å². The van der Waals surface area contributed by atoms with E-state index in [1.165, 1.54) is 0 Å². The van der Waals surface area contributed by atoms with Crippen LogP contribution in [0.3, 0.4) is 0 Å². The number of para-hydroxylation sites is 3. The minimum Gasteiger partial charge on any atom is -0.364 e. The number of nitrogens with one attached hydrogen (secondary N) is 1. The molecule has 172 valence electrons. The molecular formula is C28H29N4O2+. The largest absolute Gasteiger partial charge is 0.364 e. The maximum Gasteiger partial charge on any atom is 0.319 e. The lowest BCUT2D eigenvalue weighted by Gasteiger charge is -2.37. The van der Waals surface area contributed by atoms with E-state index in [0.717, 1.165) is 40.1 Å². The summed E-state index contributed by atoms with van der Waals surface area (Å²) in [5.74, 6) is 0.381. The molecule has 3 N–H and O–H groups in total. The highest BCUT2D eigenvalue weighted by Crippen LogP contribution is 2.39. The fourth-order valence-electron chi connectivity index (χ4n) is 5.41. The maximum absolute atomic E-state index is 14.0. The van der Waals surface area contributed by atoms with Crippen LogP contribution in [0.2, 0.25) is 0 Å². The first-order valence-corrected chi connectivity index (χ1v) is 11.8. The number of primary amides is 1. The van der Waals surface area contributed by atoms with Gasteiger partial charge in [-0.3, -0.25) is 4.79 Å². The van der Waals surface area contributed by atoms with Gasteiger partial charge < -0.3 is 10.7 Å². The zero-order valence-electron chi connectivity index (χ0n) is 19.1. The summed E-state index contributed by atoms with van der Waals surface area (Å²) in [6.07, 6.45) is 2.86. The molecule has 6 heteroatoms. The summed E-state index contributed by atoms with van der Waals surface area (Å²) in [4.78, 5) is 34.5. The third-order valence-electron chi connectivity index (χ3n) is 6.97. The molecule has 0 saturated carbocycles. The van der Waals surface area contributed by atoms with Gasteiger partial charge in [0.2, 0.25) is 0 Å². The molecule has 1 saturated heterocycles. The highest BCUT2D eigenvalue weighted by atomic mass is 16.2. The van der Waals surface area contributed by atoms with Crippen LogP contribution in [0.25, 0.3) is 11.0 Å². The second kappa shape index (κ2) is 9.23. The molecule has 34 heavy (non-hydrogen) atoms. The standard InChI is InChI=1S/C28H28N4O2/c29-28(34)25-15-8-18-32(25,24-14-7-4-11-21(24)19-20-9-2-1-3-10-20)27(33)17-16-26-30-22-12-5-6-13-23(22)31-26/h1-7,9-14,25H,8,15-19H2,(H2-,29,30,31,34)/p+1/t25-,32?/m0/s1. The average Bonchev–Trinajstić information content (AvgIpc) is 3.49. The van der Waals surface area contributed by atoms with E-state index in [1.54, 1.807) is 0 Å². The molecule has 3 aromatic carbocycles. The quantitative estimate of drug-likeness (QED) is 0.410. The van der Waals surface area contributed by atoms with Crippen molar-refractivity contribution in [1.82, 2.24) is 14.5 Å². The van der Waals surface area contributed by atoms with Crippen molar-refractivity contribution in [2.24, 2.45) is 5.73 Å². The zero-order valence-corrected chi connectivity index (χ0v) is 19.1. The minimum absolute atomic E-state index is 0.00142. The van der Waals surface area contributed by atoms with Crippen molar-refractivity contribution in [1.29, 1.82) is 0 Å². The van der Waals surface area contributed by atoms with E-state index in [2.05, 4.69) is 28.2 Å². The lowest BCUT2D eigenvalue weighted by molar-refractivity contribution is -0.136. The summed E-state index contributed by atoms with van der Waals surface area (Å²) in [6, 6.07) is 25.5. The summed E-state index contributed by atoms with van der Waals surface area (Å²) >= 11 is 0. The molecule has 1 fully saturated rings. The van der Waals surface area contributed by atoms with Crippen LogP contribution in [0.4, 0.5) is 5.69 Å². The number of aromatic amines is 1. The Labute approximate surface area is 199 Å². The molecule has 2 atom stereocenters. The molecule has 0 spiro atoms. The predicted octanol–water partition coefficient (Wildman–Crippen LogP) is 4.27. The number of aryl methyl sites for hydroxylation is 1. The summed E-state index contributed by atoms with van der Waals surface area (Å²) in [5, 5.41) is 0. The SMILES string of the molecule is NC(=O)[C@@H]1CCC[N+]1(C(=O)CCc1nc2ccccc2[nH]1)c1ccccc1Cc1ccccc1. The Hall–Kier alpha value is -3.77. The van der Waals surface area contributed by atoms with Gasteiger partial charge in [-0.15, -0.1) is 0 Å². The number of amides is 2. The van der Waals surface area contributed by atoms with Gasteiger partial charge in [-0.2, -0.15) is 0 Å². The molecular weight excluding hydrogens is 424 g/mol. The van der Waals surface area contributed by atoms with Crippen molar-refractivity contribution < 1.29 is 9.59 Å². The number of nitrogens with zero attached hydrogens (tertiary/aromatic N) is 2. The van der Waals surface area contributed by atoms with Crippen LogP contribution in [0.1, 0.15) is 36.2 Å². The number of carbonyl (C=O) groups is 2. The highest BCUT2D eigenvalue weighted by molar-refractivity contribution is 5.97. The Balaban J connectivity index is 1.50. The monoisotopic (exact) mass is 453 g/mol. The predicted molar refractivity (Wildman–Crippen MR) is 134 cm³/mol. The Morgan fingerprint density at radius 1 is 0.971 bits per heavy atom. The van der Waals surface area contributed by atoms with Gasteiger partial charge in [0.25, 0.3) is 5.91 Å². The number of carbonyl (C=O) groups excluding carboxylic acids is 2. The molecule has 1 unspecified atom stereocenters. The molecule has 0 aliphatic carbocycles. The Kier molecular flexibility index (Phi) is 5.99. The van der Waals surface area contributed by atoms with E-state index < -0.39 is 11.9 Å². The van der Waals surface area contributed by atoms with E-state index in [0.29, 0.717) is 25.8 Å². The number of hydrogen-bond donors (Lipinski definition) is 2. The molecule has 0 radical (unpaired) electrons. The molecule has 2 heterocycles. The average molecular weight is 454 g/mol. The number of quaternary nitrogens is 1. The number of nitrogens with two attached hydrogens (primary N) is 1. The fourth-order valence-corrected chi connectivity index (χ4v) is 5.41. The van der Waals surface area contributed by atoms with Crippen molar-refractivity contribution >= 4 is 28.5 Å². The molecule has 1 aliphatic heterocycles. The zero-order chi connectivity index (χ0) is 23.5. The third-order valence-corrected chi connectivity index (χ3v) is 6.97. The van der Waals surface area contributed by atoms with E-state index in [4.69, 9.17) is 5.73 Å². The summed E-state index contributed by atoms with van der Waals surface area (Å²) < 4.78 is -0.00142. The smallest absolute Gasteiger partial charge is 0.319 e. The topological polar surface area (TPSA) is 88.8 Å². The number of benzene rings is 3. The third kappa shape index (κ3) is 4.01. The number of fused-ring (bicyclic) bond motifs is 1. The Bertz CT molecular complexity index is 1300. The van der Waals surface area contributed by atoms with Gasteiger partial charge in [-0.1, -0.05) is 60.7 Å². The van der Waals surface area contributed by atoms with Crippen LogP contribution in [0.5, 0.6) is 0 Å². The molecule has 2 amide bonds. The first-order chi connectivity index (χ1) is 16.6. The summed E-state index contributed by atoms with van der Waals surface area (Å²) in [6.45, 7) is 0.582. The van der Waals surface area contributed by atoms with Gasteiger partial charge in [0.15, 0.2) is 6.04 Å². The normalized spacial score (nSPS) is 19.9. The van der Waals surface area contributed by atoms with E-state index in [9.17, 15) is 9.59 Å². The molecule has 1 aromatic heterocycles. The summed E-state index contributed by atoms with van der Waals surface area (Å²) in [7, 11) is 0.